The van der Waals surface area contributed by atoms with E-state index in [0.29, 0.717) is 13.0 Å². The van der Waals surface area contributed by atoms with Gasteiger partial charge in [0.15, 0.2) is 9.84 Å². The van der Waals surface area contributed by atoms with Gasteiger partial charge in [-0.3, -0.25) is 14.4 Å². The average molecular weight is 368 g/mol. The van der Waals surface area contributed by atoms with Crippen molar-refractivity contribution in [1.82, 2.24) is 19.6 Å². The number of amides is 2. The third-order valence-corrected chi connectivity index (χ3v) is 6.44. The van der Waals surface area contributed by atoms with Crippen LogP contribution in [0.2, 0.25) is 0 Å². The number of carbonyl (C=O) groups excluding carboxylic acids is 2. The van der Waals surface area contributed by atoms with E-state index in [1.807, 2.05) is 0 Å². The normalized spacial score (nSPS) is 24.9. The van der Waals surface area contributed by atoms with Crippen LogP contribution in [0, 0.1) is 0 Å². The molecule has 0 bridgehead atoms. The first kappa shape index (κ1) is 17.6. The minimum atomic E-state index is -3.33. The minimum Gasteiger partial charge on any atom is -0.335 e. The second-order valence-corrected chi connectivity index (χ2v) is 8.49. The van der Waals surface area contributed by atoms with Gasteiger partial charge < -0.3 is 9.80 Å². The van der Waals surface area contributed by atoms with Gasteiger partial charge in [0.1, 0.15) is 5.69 Å². The van der Waals surface area contributed by atoms with E-state index < -0.39 is 27.8 Å². The Kier molecular flexibility index (Phi) is 4.40. The number of fused-ring (bicyclic) bond motifs is 1. The third kappa shape index (κ3) is 3.17. The molecule has 136 valence electrons. The van der Waals surface area contributed by atoms with Crippen molar-refractivity contribution >= 4 is 21.7 Å². The van der Waals surface area contributed by atoms with Crippen molar-refractivity contribution in [3.05, 3.63) is 28.2 Å². The van der Waals surface area contributed by atoms with Crippen LogP contribution in [0.25, 0.3) is 0 Å². The maximum atomic E-state index is 12.8. The molecule has 2 atom stereocenters. The zero-order chi connectivity index (χ0) is 18.4. The van der Waals surface area contributed by atoms with E-state index in [2.05, 4.69) is 5.10 Å². The topological polar surface area (TPSA) is 110 Å². The fourth-order valence-corrected chi connectivity index (χ4v) is 5.46. The molecule has 3 heterocycles. The molecule has 2 amide bonds. The molecule has 1 aromatic rings. The summed E-state index contributed by atoms with van der Waals surface area (Å²) in [5.41, 5.74) is -0.253. The van der Waals surface area contributed by atoms with Crippen molar-refractivity contribution in [2.45, 2.75) is 25.4 Å². The van der Waals surface area contributed by atoms with Crippen molar-refractivity contribution in [3.8, 4) is 0 Å². The fourth-order valence-electron chi connectivity index (χ4n) is 3.48. The lowest BCUT2D eigenvalue weighted by Crippen LogP contribution is -2.62. The Morgan fingerprint density at radius 2 is 1.76 bits per heavy atom. The molecule has 0 N–H and O–H groups in total. The molecule has 0 aliphatic carbocycles. The number of hydrogen-bond acceptors (Lipinski definition) is 6. The van der Waals surface area contributed by atoms with E-state index in [1.54, 1.807) is 11.8 Å². The molecule has 2 saturated heterocycles. The molecule has 2 aliphatic heterocycles. The van der Waals surface area contributed by atoms with Crippen LogP contribution in [-0.2, 0) is 21.7 Å². The first-order valence-electron chi connectivity index (χ1n) is 8.08. The molecule has 2 fully saturated rings. The largest absolute Gasteiger partial charge is 0.335 e. The molecule has 0 radical (unpaired) electrons. The monoisotopic (exact) mass is 368 g/mol. The highest BCUT2D eigenvalue weighted by Gasteiger charge is 2.49. The highest BCUT2D eigenvalue weighted by molar-refractivity contribution is 7.91. The quantitative estimate of drug-likeness (QED) is 0.638. The number of rotatable bonds is 2. The molecular formula is C15H20N4O5S. The van der Waals surface area contributed by atoms with Crippen molar-refractivity contribution in [3.63, 3.8) is 0 Å². The summed E-state index contributed by atoms with van der Waals surface area (Å²) < 4.78 is 25.3. The second kappa shape index (κ2) is 6.25. The van der Waals surface area contributed by atoms with E-state index >= 15 is 0 Å². The third-order valence-electron chi connectivity index (χ3n) is 4.74. The van der Waals surface area contributed by atoms with Crippen LogP contribution in [0.5, 0.6) is 0 Å². The maximum Gasteiger partial charge on any atom is 0.274 e. The van der Waals surface area contributed by atoms with Crippen molar-refractivity contribution in [1.29, 1.82) is 0 Å². The smallest absolute Gasteiger partial charge is 0.274 e. The van der Waals surface area contributed by atoms with Crippen LogP contribution in [0.1, 0.15) is 23.8 Å². The lowest BCUT2D eigenvalue weighted by Gasteiger charge is -2.43. The average Bonchev–Trinajstić information content (AvgIpc) is 2.89. The van der Waals surface area contributed by atoms with Crippen molar-refractivity contribution in [2.75, 3.05) is 24.6 Å². The Balaban J connectivity index is 1.92. The Bertz CT molecular complexity index is 878. The highest BCUT2D eigenvalue weighted by atomic mass is 32.2. The van der Waals surface area contributed by atoms with Crippen molar-refractivity contribution < 1.29 is 18.0 Å². The number of piperazine rings is 1. The van der Waals surface area contributed by atoms with Gasteiger partial charge in [0.2, 0.25) is 5.91 Å². The Hall–Kier alpha value is -2.23. The molecular weight excluding hydrogens is 348 g/mol. The minimum absolute atomic E-state index is 0.0837. The van der Waals surface area contributed by atoms with Gasteiger partial charge >= 0.3 is 0 Å². The number of nitrogens with zero attached hydrogens (tertiary/aromatic N) is 4. The molecule has 0 aromatic carbocycles. The number of carbonyl (C=O) groups is 2. The van der Waals surface area contributed by atoms with Gasteiger partial charge in [0.25, 0.3) is 11.5 Å². The maximum absolute atomic E-state index is 12.8. The van der Waals surface area contributed by atoms with E-state index in [4.69, 9.17) is 0 Å². The Morgan fingerprint density at radius 1 is 1.16 bits per heavy atom. The highest BCUT2D eigenvalue weighted by Crippen LogP contribution is 2.28. The zero-order valence-electron chi connectivity index (χ0n) is 14.1. The summed E-state index contributed by atoms with van der Waals surface area (Å²) in [6.07, 6.45) is 0.291. The van der Waals surface area contributed by atoms with Crippen LogP contribution < -0.4 is 5.56 Å². The fraction of sp³-hybridized carbons (Fsp3) is 0.600. The second-order valence-electron chi connectivity index (χ2n) is 6.33. The van der Waals surface area contributed by atoms with Crippen LogP contribution in [0.3, 0.4) is 0 Å². The molecule has 2 aliphatic rings. The molecule has 1 aromatic heterocycles. The lowest BCUT2D eigenvalue weighted by atomic mass is 10.0. The predicted octanol–water partition coefficient (Wildman–Crippen LogP) is -1.36. The summed E-state index contributed by atoms with van der Waals surface area (Å²) in [4.78, 5) is 39.4. The van der Waals surface area contributed by atoms with Gasteiger partial charge in [-0.05, 0) is 6.07 Å². The molecule has 0 saturated carbocycles. The van der Waals surface area contributed by atoms with E-state index in [9.17, 15) is 22.8 Å². The van der Waals surface area contributed by atoms with E-state index in [-0.39, 0.29) is 35.2 Å². The van der Waals surface area contributed by atoms with E-state index in [0.717, 1.165) is 4.68 Å². The summed E-state index contributed by atoms with van der Waals surface area (Å²) in [5.74, 6) is -0.831. The van der Waals surface area contributed by atoms with Gasteiger partial charge in [-0.2, -0.15) is 5.10 Å². The van der Waals surface area contributed by atoms with Crippen LogP contribution in [0.4, 0.5) is 0 Å². The summed E-state index contributed by atoms with van der Waals surface area (Å²) in [5, 5.41) is 3.95. The molecule has 9 nitrogen and oxygen atoms in total. The van der Waals surface area contributed by atoms with Gasteiger partial charge in [-0.1, -0.05) is 6.92 Å². The first-order chi connectivity index (χ1) is 11.7. The zero-order valence-corrected chi connectivity index (χ0v) is 14.9. The molecule has 10 heteroatoms. The van der Waals surface area contributed by atoms with Gasteiger partial charge in [-0.15, -0.1) is 0 Å². The molecule has 0 spiro atoms. The summed E-state index contributed by atoms with van der Waals surface area (Å²) in [7, 11) is -1.89. The Labute approximate surface area is 145 Å². The predicted molar refractivity (Wildman–Crippen MR) is 88.7 cm³/mol. The number of aryl methyl sites for hydroxylation is 1. The van der Waals surface area contributed by atoms with Crippen LogP contribution in [0.15, 0.2) is 16.9 Å². The summed E-state index contributed by atoms with van der Waals surface area (Å²) in [6.45, 7) is 2.26. The van der Waals surface area contributed by atoms with Gasteiger partial charge in [0.05, 0.1) is 23.6 Å². The van der Waals surface area contributed by atoms with Crippen molar-refractivity contribution in [2.24, 2.45) is 7.05 Å². The van der Waals surface area contributed by atoms with Gasteiger partial charge in [-0.25, -0.2) is 13.1 Å². The van der Waals surface area contributed by atoms with Gasteiger partial charge in [0, 0.05) is 32.6 Å². The number of aromatic nitrogens is 2. The van der Waals surface area contributed by atoms with E-state index in [1.165, 1.54) is 24.1 Å². The molecule has 25 heavy (non-hydrogen) atoms. The number of sulfone groups is 1. The number of hydrogen-bond donors (Lipinski definition) is 0. The summed E-state index contributed by atoms with van der Waals surface area (Å²) in [6, 6.07) is 1.48. The molecule has 0 unspecified atom stereocenters. The lowest BCUT2D eigenvalue weighted by molar-refractivity contribution is -0.135. The van der Waals surface area contributed by atoms with Crippen LogP contribution >= 0.6 is 0 Å². The first-order valence-corrected chi connectivity index (χ1v) is 9.91. The summed E-state index contributed by atoms with van der Waals surface area (Å²) >= 11 is 0. The molecule has 3 rings (SSSR count). The van der Waals surface area contributed by atoms with Crippen LogP contribution in [-0.4, -0.2) is 76.5 Å². The Morgan fingerprint density at radius 3 is 2.36 bits per heavy atom. The standard InChI is InChI=1S/C15H20N4O5S/c1-3-13(20)18-6-7-19(12-9-25(23,24)8-11(12)18)15(22)10-4-5-14(21)17(2)16-10/h4-5,11-12H,3,6-9H2,1-2H3/t11-,12+/m1/s1. The SMILES string of the molecule is CCC(=O)N1CCN(C(=O)c2ccc(=O)n(C)n2)[C@H]2CS(=O)(=O)C[C@H]21.